The molecule has 5 aromatic rings. The van der Waals surface area contributed by atoms with Crippen molar-refractivity contribution in [2.75, 3.05) is 14.2 Å². The number of pyridine rings is 1. The topological polar surface area (TPSA) is 145 Å². The molecule has 0 saturated carbocycles. The van der Waals surface area contributed by atoms with Crippen LogP contribution in [0.5, 0.6) is 11.5 Å². The number of aromatic nitrogens is 6. The van der Waals surface area contributed by atoms with E-state index in [-0.39, 0.29) is 18.4 Å². The maximum atomic E-state index is 14.4. The van der Waals surface area contributed by atoms with Gasteiger partial charge in [0.05, 0.1) is 38.7 Å². The number of benzene rings is 1. The summed E-state index contributed by atoms with van der Waals surface area (Å²) in [5.41, 5.74) is 1.56. The van der Waals surface area contributed by atoms with Crippen molar-refractivity contribution in [3.63, 3.8) is 0 Å². The van der Waals surface area contributed by atoms with Crippen LogP contribution in [0.25, 0.3) is 28.3 Å². The van der Waals surface area contributed by atoms with Gasteiger partial charge in [0.25, 0.3) is 0 Å². The maximum Gasteiger partial charge on any atom is 0.204 e. The third-order valence-corrected chi connectivity index (χ3v) is 6.52. The standard InChI is InChI=1S/C24H24FN7O5S/c1-31-13-27-21-16(26-12-15(25)22(21)31)10-14(30-38(33)34)11-20-28-29-24(19-8-5-9-37-19)32(20)23-17(35-2)6-4-7-18(23)36-3/h4-9,12-14,30H,10-11H2,1-3H3,(H,33,34)/p-1/t14-/m1/s1. The monoisotopic (exact) mass is 540 g/mol. The molecule has 38 heavy (non-hydrogen) atoms. The van der Waals surface area contributed by atoms with Gasteiger partial charge in [0.2, 0.25) is 5.82 Å². The van der Waals surface area contributed by atoms with Crippen LogP contribution in [0.15, 0.2) is 53.5 Å². The summed E-state index contributed by atoms with van der Waals surface area (Å²) in [4.78, 5) is 8.47. The second kappa shape index (κ2) is 10.7. The summed E-state index contributed by atoms with van der Waals surface area (Å²) in [6.07, 6.45) is 4.27. The molecule has 4 heterocycles. The Hall–Kier alpha value is -4.14. The molecule has 14 heteroatoms. The van der Waals surface area contributed by atoms with Gasteiger partial charge < -0.3 is 23.0 Å². The quantitative estimate of drug-likeness (QED) is 0.264. The third kappa shape index (κ3) is 4.76. The van der Waals surface area contributed by atoms with Crippen LogP contribution in [-0.4, -0.2) is 58.3 Å². The summed E-state index contributed by atoms with van der Waals surface area (Å²) in [5, 5.41) is 8.70. The molecule has 0 radical (unpaired) electrons. The van der Waals surface area contributed by atoms with Gasteiger partial charge in [-0.05, 0) is 24.3 Å². The number of nitrogens with zero attached hydrogens (tertiary/aromatic N) is 6. The van der Waals surface area contributed by atoms with Gasteiger partial charge in [0, 0.05) is 37.2 Å². The molecule has 5 rings (SSSR count). The van der Waals surface area contributed by atoms with E-state index in [1.807, 2.05) is 0 Å². The van der Waals surface area contributed by atoms with Crippen molar-refractivity contribution in [3.05, 3.63) is 66.5 Å². The number of hydrogen-bond donors (Lipinski definition) is 1. The zero-order valence-corrected chi connectivity index (χ0v) is 21.4. The number of methoxy groups -OCH3 is 2. The average molecular weight is 541 g/mol. The maximum absolute atomic E-state index is 14.4. The van der Waals surface area contributed by atoms with Gasteiger partial charge in [0.1, 0.15) is 34.0 Å². The van der Waals surface area contributed by atoms with E-state index in [9.17, 15) is 13.2 Å². The van der Waals surface area contributed by atoms with Crippen LogP contribution in [0.4, 0.5) is 4.39 Å². The molecule has 12 nitrogen and oxygen atoms in total. The first kappa shape index (κ1) is 25.5. The van der Waals surface area contributed by atoms with Crippen LogP contribution < -0.4 is 14.2 Å². The second-order valence-corrected chi connectivity index (χ2v) is 9.03. The fourth-order valence-corrected chi connectivity index (χ4v) is 4.81. The van der Waals surface area contributed by atoms with Crippen LogP contribution >= 0.6 is 0 Å². The van der Waals surface area contributed by atoms with E-state index in [1.165, 1.54) is 26.8 Å². The Morgan fingerprint density at radius 2 is 1.89 bits per heavy atom. The van der Waals surface area contributed by atoms with Crippen molar-refractivity contribution < 1.29 is 27.0 Å². The number of halogens is 1. The number of aryl methyl sites for hydroxylation is 1. The van der Waals surface area contributed by atoms with E-state index in [1.54, 1.807) is 46.5 Å². The fourth-order valence-electron chi connectivity index (χ4n) is 4.38. The lowest BCUT2D eigenvalue weighted by Crippen LogP contribution is -2.35. The molecule has 0 amide bonds. The Morgan fingerprint density at radius 3 is 2.55 bits per heavy atom. The summed E-state index contributed by atoms with van der Waals surface area (Å²) < 4.78 is 60.5. The van der Waals surface area contributed by atoms with Crippen molar-refractivity contribution in [2.45, 2.75) is 18.9 Å². The predicted molar refractivity (Wildman–Crippen MR) is 134 cm³/mol. The van der Waals surface area contributed by atoms with Gasteiger partial charge in [-0.25, -0.2) is 14.1 Å². The molecule has 0 aliphatic rings. The zero-order chi connectivity index (χ0) is 26.8. The molecule has 0 saturated heterocycles. The number of nitrogens with one attached hydrogen (secondary N) is 1. The van der Waals surface area contributed by atoms with Gasteiger partial charge in [0.15, 0.2) is 11.6 Å². The first-order valence-electron chi connectivity index (χ1n) is 11.4. The van der Waals surface area contributed by atoms with Gasteiger partial charge in [-0.1, -0.05) is 6.07 Å². The first-order valence-corrected chi connectivity index (χ1v) is 12.5. The molecule has 0 aliphatic carbocycles. The molecule has 0 aliphatic heterocycles. The van der Waals surface area contributed by atoms with E-state index >= 15 is 0 Å². The Balaban J connectivity index is 1.61. The summed E-state index contributed by atoms with van der Waals surface area (Å²) in [5.74, 6) is 1.62. The van der Waals surface area contributed by atoms with Gasteiger partial charge in [-0.15, -0.1) is 10.2 Å². The predicted octanol–water partition coefficient (Wildman–Crippen LogP) is 2.50. The molecule has 4 aromatic heterocycles. The molecule has 0 bridgehead atoms. The molecular weight excluding hydrogens is 517 g/mol. The lowest BCUT2D eigenvalue weighted by molar-refractivity contribution is 0.390. The minimum Gasteiger partial charge on any atom is -0.760 e. The minimum absolute atomic E-state index is 0.0796. The first-order chi connectivity index (χ1) is 18.4. The summed E-state index contributed by atoms with van der Waals surface area (Å²) >= 11 is -2.61. The highest BCUT2D eigenvalue weighted by atomic mass is 32.2. The van der Waals surface area contributed by atoms with Crippen molar-refractivity contribution in [2.24, 2.45) is 7.05 Å². The van der Waals surface area contributed by atoms with Crippen LogP contribution in [0.2, 0.25) is 0 Å². The van der Waals surface area contributed by atoms with Gasteiger partial charge in [-0.2, -0.15) is 0 Å². The molecular formula is C24H23FN7O5S-. The van der Waals surface area contributed by atoms with Crippen molar-refractivity contribution >= 4 is 22.3 Å². The Labute approximate surface area is 218 Å². The highest BCUT2D eigenvalue weighted by Gasteiger charge is 2.26. The second-order valence-electron chi connectivity index (χ2n) is 8.33. The van der Waals surface area contributed by atoms with E-state index in [0.717, 1.165) is 6.20 Å². The lowest BCUT2D eigenvalue weighted by atomic mass is 10.1. The van der Waals surface area contributed by atoms with Crippen molar-refractivity contribution in [1.82, 2.24) is 34.0 Å². The number of ether oxygens (including phenoxy) is 2. The molecule has 1 N–H and O–H groups in total. The third-order valence-electron chi connectivity index (χ3n) is 6.00. The Bertz CT molecular complexity index is 1580. The molecule has 1 aromatic carbocycles. The van der Waals surface area contributed by atoms with Gasteiger partial charge in [-0.3, -0.25) is 13.8 Å². The summed E-state index contributed by atoms with van der Waals surface area (Å²) in [6, 6.07) is 8.02. The van der Waals surface area contributed by atoms with Crippen LogP contribution in [-0.2, 0) is 31.2 Å². The van der Waals surface area contributed by atoms with Crippen LogP contribution in [0.3, 0.4) is 0 Å². The molecule has 0 fully saturated rings. The highest BCUT2D eigenvalue weighted by molar-refractivity contribution is 7.77. The van der Waals surface area contributed by atoms with Crippen LogP contribution in [0.1, 0.15) is 11.5 Å². The van der Waals surface area contributed by atoms with Crippen molar-refractivity contribution in [1.29, 1.82) is 0 Å². The minimum atomic E-state index is -2.61. The van der Waals surface area contributed by atoms with E-state index in [0.29, 0.717) is 45.8 Å². The normalized spacial score (nSPS) is 13.1. The average Bonchev–Trinajstić information content (AvgIpc) is 3.65. The fraction of sp³-hybridized carbons (Fsp3) is 0.250. The molecule has 1 unspecified atom stereocenters. The molecule has 2 atom stereocenters. The Kier molecular flexibility index (Phi) is 7.18. The number of fused-ring (bicyclic) bond motifs is 1. The number of para-hydroxylation sites is 1. The van der Waals surface area contributed by atoms with E-state index < -0.39 is 23.1 Å². The number of imidazole rings is 1. The number of rotatable bonds is 10. The summed E-state index contributed by atoms with van der Waals surface area (Å²) in [7, 11) is 4.72. The number of furan rings is 1. The van der Waals surface area contributed by atoms with Crippen LogP contribution in [0, 0.1) is 5.82 Å². The lowest BCUT2D eigenvalue weighted by Gasteiger charge is -2.21. The van der Waals surface area contributed by atoms with Crippen molar-refractivity contribution in [3.8, 4) is 28.8 Å². The number of hydrogen-bond acceptors (Lipinski definition) is 9. The smallest absolute Gasteiger partial charge is 0.204 e. The molecule has 0 spiro atoms. The molecule has 198 valence electrons. The van der Waals surface area contributed by atoms with Gasteiger partial charge >= 0.3 is 0 Å². The zero-order valence-electron chi connectivity index (χ0n) is 20.6. The largest absolute Gasteiger partial charge is 0.760 e. The van der Waals surface area contributed by atoms with E-state index in [2.05, 4.69) is 24.9 Å². The SMILES string of the molecule is COc1cccc(OC)c1-n1c(C[C@@H](Cc2ncc(F)c3c2ncn3C)NS(=O)[O-])nnc1-c1ccco1. The Morgan fingerprint density at radius 1 is 1.13 bits per heavy atom. The van der Waals surface area contributed by atoms with E-state index in [4.69, 9.17) is 13.9 Å². The summed E-state index contributed by atoms with van der Waals surface area (Å²) in [6.45, 7) is 0. The highest BCUT2D eigenvalue weighted by Crippen LogP contribution is 2.36.